The van der Waals surface area contributed by atoms with E-state index in [-0.39, 0.29) is 11.6 Å². The van der Waals surface area contributed by atoms with Gasteiger partial charge in [-0.3, -0.25) is 9.69 Å². The summed E-state index contributed by atoms with van der Waals surface area (Å²) in [4.78, 5) is 16.2. The molecule has 0 unspecified atom stereocenters. The highest BCUT2D eigenvalue weighted by Gasteiger charge is 2.24. The van der Waals surface area contributed by atoms with Gasteiger partial charge in [0.1, 0.15) is 11.4 Å². The van der Waals surface area contributed by atoms with Gasteiger partial charge in [0, 0.05) is 34.9 Å². The summed E-state index contributed by atoms with van der Waals surface area (Å²) in [7, 11) is 0. The first kappa shape index (κ1) is 21.2. The van der Waals surface area contributed by atoms with Crippen molar-refractivity contribution in [2.45, 2.75) is 50.5 Å². The minimum absolute atomic E-state index is 0.0480. The first-order chi connectivity index (χ1) is 14.5. The van der Waals surface area contributed by atoms with E-state index < -0.39 is 0 Å². The van der Waals surface area contributed by atoms with Crippen LogP contribution in [-0.2, 0) is 6.42 Å². The summed E-state index contributed by atoms with van der Waals surface area (Å²) >= 11 is 1.74. The molecule has 160 valence electrons. The first-order valence-corrected chi connectivity index (χ1v) is 11.9. The van der Waals surface area contributed by atoms with Crippen LogP contribution in [0.5, 0.6) is 5.75 Å². The number of hydrogen-bond acceptors (Lipinski definition) is 5. The molecule has 0 spiro atoms. The van der Waals surface area contributed by atoms with Crippen LogP contribution < -0.4 is 10.3 Å². The van der Waals surface area contributed by atoms with Crippen molar-refractivity contribution in [1.29, 1.82) is 0 Å². The number of piperidine rings is 1. The molecule has 6 heteroatoms. The molecule has 4 rings (SSSR count). The Bertz CT molecular complexity index is 966. The molecule has 1 fully saturated rings. The lowest BCUT2D eigenvalue weighted by molar-refractivity contribution is 0.230. The summed E-state index contributed by atoms with van der Waals surface area (Å²) in [5, 5.41) is 4.71. The Morgan fingerprint density at radius 2 is 2.03 bits per heavy atom. The third-order valence-corrected chi connectivity index (χ3v) is 6.85. The van der Waals surface area contributed by atoms with Gasteiger partial charge < -0.3 is 4.74 Å². The van der Waals surface area contributed by atoms with Crippen LogP contribution in [0.25, 0.3) is 11.3 Å². The fourth-order valence-corrected chi connectivity index (χ4v) is 5.32. The Hall–Kier alpha value is -2.05. The molecule has 0 aliphatic carbocycles. The van der Waals surface area contributed by atoms with E-state index in [9.17, 15) is 4.79 Å². The summed E-state index contributed by atoms with van der Waals surface area (Å²) in [6.07, 6.45) is 4.23. The quantitative estimate of drug-likeness (QED) is 0.481. The molecule has 2 aliphatic rings. The molecule has 2 aromatic rings. The molecule has 3 heterocycles. The third kappa shape index (κ3) is 4.65. The smallest absolute Gasteiger partial charge is 0.271 e. The van der Waals surface area contributed by atoms with Crippen LogP contribution in [0.2, 0.25) is 0 Å². The van der Waals surface area contributed by atoms with Crippen LogP contribution in [0, 0.1) is 0 Å². The fraction of sp³-hybridized carbons (Fsp3) is 0.500. The molecule has 1 saturated heterocycles. The monoisotopic (exact) mass is 425 g/mol. The van der Waals surface area contributed by atoms with Gasteiger partial charge in [-0.25, -0.2) is 4.68 Å². The molecule has 2 aliphatic heterocycles. The van der Waals surface area contributed by atoms with E-state index in [4.69, 9.17) is 9.84 Å². The predicted molar refractivity (Wildman–Crippen MR) is 124 cm³/mol. The molecular formula is C24H31N3O2S. The number of likely N-dealkylation sites (tertiary alicyclic amines) is 1. The Kier molecular flexibility index (Phi) is 6.64. The van der Waals surface area contributed by atoms with Gasteiger partial charge in [-0.05, 0) is 70.3 Å². The molecule has 0 bridgehead atoms. The summed E-state index contributed by atoms with van der Waals surface area (Å²) in [5.41, 5.74) is 4.28. The molecule has 0 amide bonds. The van der Waals surface area contributed by atoms with Gasteiger partial charge in [0.2, 0.25) is 0 Å². The SMILES string of the molecule is C=C1CCCN(CCCOc2ccc(-c3nn(C(C)C)c(=O)c4c3SCC4)cc2)C1. The molecule has 1 aromatic heterocycles. The highest BCUT2D eigenvalue weighted by Crippen LogP contribution is 2.37. The minimum atomic E-state index is 0.0480. The van der Waals surface area contributed by atoms with Crippen LogP contribution in [-0.4, -0.2) is 46.7 Å². The number of fused-ring (bicyclic) bond motifs is 1. The zero-order valence-electron chi connectivity index (χ0n) is 18.0. The lowest BCUT2D eigenvalue weighted by atomic mass is 10.1. The van der Waals surface area contributed by atoms with Crippen molar-refractivity contribution >= 4 is 11.8 Å². The number of benzene rings is 1. The number of rotatable bonds is 7. The number of aromatic nitrogens is 2. The topological polar surface area (TPSA) is 47.4 Å². The zero-order chi connectivity index (χ0) is 21.1. The Morgan fingerprint density at radius 1 is 1.23 bits per heavy atom. The Morgan fingerprint density at radius 3 is 2.77 bits per heavy atom. The number of nitrogens with zero attached hydrogens (tertiary/aromatic N) is 3. The molecule has 1 aromatic carbocycles. The van der Waals surface area contributed by atoms with Gasteiger partial charge in [-0.1, -0.05) is 12.2 Å². The average molecular weight is 426 g/mol. The highest BCUT2D eigenvalue weighted by molar-refractivity contribution is 7.99. The second-order valence-electron chi connectivity index (χ2n) is 8.45. The molecule has 0 saturated carbocycles. The lowest BCUT2D eigenvalue weighted by Gasteiger charge is -2.27. The largest absolute Gasteiger partial charge is 0.494 e. The highest BCUT2D eigenvalue weighted by atomic mass is 32.2. The maximum absolute atomic E-state index is 12.7. The van der Waals surface area contributed by atoms with Gasteiger partial charge in [-0.15, -0.1) is 11.8 Å². The number of hydrogen-bond donors (Lipinski definition) is 0. The van der Waals surface area contributed by atoms with Gasteiger partial charge >= 0.3 is 0 Å². The van der Waals surface area contributed by atoms with Crippen LogP contribution in [0.1, 0.15) is 44.7 Å². The van der Waals surface area contributed by atoms with Crippen LogP contribution in [0.15, 0.2) is 46.1 Å². The van der Waals surface area contributed by atoms with Gasteiger partial charge in [0.25, 0.3) is 5.56 Å². The van der Waals surface area contributed by atoms with E-state index in [0.29, 0.717) is 6.61 Å². The second kappa shape index (κ2) is 9.40. The van der Waals surface area contributed by atoms with Crippen molar-refractivity contribution in [1.82, 2.24) is 14.7 Å². The van der Waals surface area contributed by atoms with Crippen LogP contribution >= 0.6 is 11.8 Å². The lowest BCUT2D eigenvalue weighted by Crippen LogP contribution is -2.32. The second-order valence-corrected chi connectivity index (χ2v) is 9.56. The summed E-state index contributed by atoms with van der Waals surface area (Å²) in [6, 6.07) is 8.18. The number of ether oxygens (including phenoxy) is 1. The normalized spacial score (nSPS) is 16.8. The van der Waals surface area contributed by atoms with Gasteiger partial charge in [0.15, 0.2) is 0 Å². The van der Waals surface area contributed by atoms with Crippen LogP contribution in [0.3, 0.4) is 0 Å². The van der Waals surface area contributed by atoms with Crippen molar-refractivity contribution in [2.24, 2.45) is 0 Å². The summed E-state index contributed by atoms with van der Waals surface area (Å²) in [5.74, 6) is 1.83. The van der Waals surface area contributed by atoms with E-state index in [0.717, 1.165) is 59.1 Å². The third-order valence-electron chi connectivity index (χ3n) is 5.72. The Balaban J connectivity index is 1.40. The van der Waals surface area contributed by atoms with Gasteiger partial charge in [-0.2, -0.15) is 5.10 Å². The number of thioether (sulfide) groups is 1. The van der Waals surface area contributed by atoms with Gasteiger partial charge in [0.05, 0.1) is 12.6 Å². The van der Waals surface area contributed by atoms with Crippen molar-refractivity contribution in [3.05, 3.63) is 52.3 Å². The predicted octanol–water partition coefficient (Wildman–Crippen LogP) is 4.56. The molecule has 5 nitrogen and oxygen atoms in total. The Labute approximate surface area is 183 Å². The van der Waals surface area contributed by atoms with E-state index in [2.05, 4.69) is 23.6 Å². The van der Waals surface area contributed by atoms with Crippen molar-refractivity contribution in [3.63, 3.8) is 0 Å². The maximum Gasteiger partial charge on any atom is 0.271 e. The molecule has 30 heavy (non-hydrogen) atoms. The summed E-state index contributed by atoms with van der Waals surface area (Å²) < 4.78 is 7.58. The van der Waals surface area contributed by atoms with E-state index in [1.807, 2.05) is 26.0 Å². The van der Waals surface area contributed by atoms with Crippen molar-refractivity contribution < 1.29 is 4.74 Å². The van der Waals surface area contributed by atoms with E-state index >= 15 is 0 Å². The summed E-state index contributed by atoms with van der Waals surface area (Å²) in [6.45, 7) is 12.1. The van der Waals surface area contributed by atoms with E-state index in [1.54, 1.807) is 16.4 Å². The first-order valence-electron chi connectivity index (χ1n) is 10.9. The standard InChI is InChI=1S/C24H31N3O2S/c1-17(2)27-24(28)21-11-15-30-23(21)22(25-27)19-7-9-20(10-8-19)29-14-5-13-26-12-4-6-18(3)16-26/h7-10,17H,3-6,11-16H2,1-2H3. The average Bonchev–Trinajstić information content (AvgIpc) is 3.23. The zero-order valence-corrected chi connectivity index (χ0v) is 18.8. The van der Waals surface area contributed by atoms with Crippen molar-refractivity contribution in [3.8, 4) is 17.0 Å². The molecular weight excluding hydrogens is 394 g/mol. The van der Waals surface area contributed by atoms with Crippen molar-refractivity contribution in [2.75, 3.05) is 32.0 Å². The van der Waals surface area contributed by atoms with Crippen LogP contribution in [0.4, 0.5) is 0 Å². The molecule has 0 radical (unpaired) electrons. The minimum Gasteiger partial charge on any atom is -0.494 e. The molecule has 0 atom stereocenters. The molecule has 0 N–H and O–H groups in total. The van der Waals surface area contributed by atoms with E-state index in [1.165, 1.54) is 25.0 Å². The maximum atomic E-state index is 12.7. The fourth-order valence-electron chi connectivity index (χ4n) is 4.15.